The highest BCUT2D eigenvalue weighted by molar-refractivity contribution is 5.66. The van der Waals surface area contributed by atoms with Crippen LogP contribution in [0.2, 0.25) is 0 Å². The first kappa shape index (κ1) is 7.55. The van der Waals surface area contributed by atoms with Crippen LogP contribution >= 0.6 is 0 Å². The first-order valence-corrected chi connectivity index (χ1v) is 4.50. The zero-order chi connectivity index (χ0) is 9.54. The van der Waals surface area contributed by atoms with Gasteiger partial charge in [-0.2, -0.15) is 5.10 Å². The van der Waals surface area contributed by atoms with E-state index in [9.17, 15) is 4.79 Å². The molecule has 0 atom stereocenters. The molecule has 14 heavy (non-hydrogen) atoms. The van der Waals surface area contributed by atoms with Gasteiger partial charge in [0.1, 0.15) is 5.76 Å². The quantitative estimate of drug-likeness (QED) is 0.674. The second-order valence-electron chi connectivity index (χ2n) is 3.36. The van der Waals surface area contributed by atoms with Crippen molar-refractivity contribution in [3.05, 3.63) is 40.1 Å². The second-order valence-corrected chi connectivity index (χ2v) is 3.36. The SMILES string of the molecule is O=c1cc2c(n[nH]1)-c1ccoc1CC2. The molecule has 0 amide bonds. The molecule has 2 aromatic heterocycles. The van der Waals surface area contributed by atoms with E-state index in [0.717, 1.165) is 35.4 Å². The maximum atomic E-state index is 11.1. The first-order valence-electron chi connectivity index (χ1n) is 4.50. The Balaban J connectivity index is 2.31. The van der Waals surface area contributed by atoms with Gasteiger partial charge in [-0.15, -0.1) is 0 Å². The molecular formula is C10H8N2O2. The lowest BCUT2D eigenvalue weighted by Crippen LogP contribution is -2.13. The summed E-state index contributed by atoms with van der Waals surface area (Å²) < 4.78 is 5.31. The van der Waals surface area contributed by atoms with Gasteiger partial charge in [-0.25, -0.2) is 5.10 Å². The maximum absolute atomic E-state index is 11.1. The van der Waals surface area contributed by atoms with Crippen molar-refractivity contribution in [2.75, 3.05) is 0 Å². The second kappa shape index (κ2) is 2.57. The van der Waals surface area contributed by atoms with Gasteiger partial charge in [0.2, 0.25) is 0 Å². The van der Waals surface area contributed by atoms with Crippen LogP contribution in [-0.4, -0.2) is 10.2 Å². The fourth-order valence-corrected chi connectivity index (χ4v) is 1.86. The lowest BCUT2D eigenvalue weighted by atomic mass is 9.95. The third kappa shape index (κ3) is 0.937. The summed E-state index contributed by atoms with van der Waals surface area (Å²) in [4.78, 5) is 11.1. The standard InChI is InChI=1S/C10H8N2O2/c13-9-5-6-1-2-8-7(3-4-14-8)10(6)12-11-9/h3-5H,1-2H2,(H,11,13). The Morgan fingerprint density at radius 2 is 2.36 bits per heavy atom. The van der Waals surface area contributed by atoms with Crippen molar-refractivity contribution in [2.45, 2.75) is 12.8 Å². The maximum Gasteiger partial charge on any atom is 0.264 e. The molecule has 0 radical (unpaired) electrons. The first-order chi connectivity index (χ1) is 6.84. The Hall–Kier alpha value is -1.84. The zero-order valence-corrected chi connectivity index (χ0v) is 7.41. The largest absolute Gasteiger partial charge is 0.469 e. The van der Waals surface area contributed by atoms with E-state index in [0.29, 0.717) is 0 Å². The van der Waals surface area contributed by atoms with E-state index in [2.05, 4.69) is 10.2 Å². The summed E-state index contributed by atoms with van der Waals surface area (Å²) in [6, 6.07) is 3.50. The smallest absolute Gasteiger partial charge is 0.264 e. The Morgan fingerprint density at radius 3 is 3.29 bits per heavy atom. The average molecular weight is 188 g/mol. The summed E-state index contributed by atoms with van der Waals surface area (Å²) in [5.74, 6) is 0.956. The van der Waals surface area contributed by atoms with Crippen molar-refractivity contribution in [2.24, 2.45) is 0 Å². The van der Waals surface area contributed by atoms with Crippen LogP contribution in [0.25, 0.3) is 11.3 Å². The Kier molecular flexibility index (Phi) is 1.39. The highest BCUT2D eigenvalue weighted by atomic mass is 16.3. The number of hydrogen-bond donors (Lipinski definition) is 1. The lowest BCUT2D eigenvalue weighted by Gasteiger charge is -2.12. The molecule has 0 bridgehead atoms. The summed E-state index contributed by atoms with van der Waals surface area (Å²) in [7, 11) is 0. The molecule has 0 aliphatic heterocycles. The molecule has 0 saturated heterocycles. The number of nitrogens with zero attached hydrogens (tertiary/aromatic N) is 1. The summed E-state index contributed by atoms with van der Waals surface area (Å²) in [6.45, 7) is 0. The fourth-order valence-electron chi connectivity index (χ4n) is 1.86. The van der Waals surface area contributed by atoms with Crippen LogP contribution in [0, 0.1) is 0 Å². The van der Waals surface area contributed by atoms with Crippen LogP contribution in [-0.2, 0) is 12.8 Å². The van der Waals surface area contributed by atoms with E-state index in [4.69, 9.17) is 4.42 Å². The molecule has 4 nitrogen and oxygen atoms in total. The molecule has 0 aromatic carbocycles. The van der Waals surface area contributed by atoms with E-state index in [-0.39, 0.29) is 5.56 Å². The van der Waals surface area contributed by atoms with Crippen molar-refractivity contribution >= 4 is 0 Å². The zero-order valence-electron chi connectivity index (χ0n) is 7.41. The van der Waals surface area contributed by atoms with Crippen LogP contribution in [0.4, 0.5) is 0 Å². The predicted octanol–water partition coefficient (Wildman–Crippen LogP) is 1.13. The van der Waals surface area contributed by atoms with Crippen molar-refractivity contribution in [1.29, 1.82) is 0 Å². The van der Waals surface area contributed by atoms with Gasteiger partial charge in [0, 0.05) is 18.1 Å². The van der Waals surface area contributed by atoms with Gasteiger partial charge in [-0.05, 0) is 18.1 Å². The average Bonchev–Trinajstić information content (AvgIpc) is 2.65. The fraction of sp³-hybridized carbons (Fsp3) is 0.200. The minimum absolute atomic E-state index is 0.143. The van der Waals surface area contributed by atoms with Crippen LogP contribution in [0.1, 0.15) is 11.3 Å². The van der Waals surface area contributed by atoms with Gasteiger partial charge in [-0.3, -0.25) is 4.79 Å². The molecule has 70 valence electrons. The number of aromatic nitrogens is 2. The number of fused-ring (bicyclic) bond motifs is 3. The molecule has 4 heteroatoms. The number of H-pyrrole nitrogens is 1. The minimum Gasteiger partial charge on any atom is -0.469 e. The van der Waals surface area contributed by atoms with Gasteiger partial charge in [0.15, 0.2) is 0 Å². The number of hydrogen-bond acceptors (Lipinski definition) is 3. The van der Waals surface area contributed by atoms with E-state index < -0.39 is 0 Å². The topological polar surface area (TPSA) is 58.9 Å². The number of aryl methyl sites for hydroxylation is 2. The molecule has 1 aliphatic carbocycles. The number of aromatic amines is 1. The third-order valence-electron chi connectivity index (χ3n) is 2.51. The monoisotopic (exact) mass is 188 g/mol. The minimum atomic E-state index is -0.143. The molecule has 0 fully saturated rings. The van der Waals surface area contributed by atoms with E-state index in [1.165, 1.54) is 0 Å². The van der Waals surface area contributed by atoms with Crippen molar-refractivity contribution in [3.63, 3.8) is 0 Å². The summed E-state index contributed by atoms with van der Waals surface area (Å²) in [5.41, 5.74) is 2.71. The van der Waals surface area contributed by atoms with Crippen LogP contribution in [0.3, 0.4) is 0 Å². The molecule has 0 saturated carbocycles. The summed E-state index contributed by atoms with van der Waals surface area (Å²) >= 11 is 0. The number of nitrogens with one attached hydrogen (secondary N) is 1. The van der Waals surface area contributed by atoms with Crippen LogP contribution < -0.4 is 5.56 Å². The molecule has 0 unspecified atom stereocenters. The van der Waals surface area contributed by atoms with Gasteiger partial charge in [0.05, 0.1) is 12.0 Å². The van der Waals surface area contributed by atoms with E-state index in [1.54, 1.807) is 12.3 Å². The molecular weight excluding hydrogens is 180 g/mol. The predicted molar refractivity (Wildman–Crippen MR) is 50.0 cm³/mol. The summed E-state index contributed by atoms with van der Waals surface area (Å²) in [6.07, 6.45) is 3.33. The summed E-state index contributed by atoms with van der Waals surface area (Å²) in [5, 5.41) is 6.48. The Bertz CT molecular complexity index is 539. The molecule has 2 heterocycles. The van der Waals surface area contributed by atoms with Gasteiger partial charge in [-0.1, -0.05) is 0 Å². The van der Waals surface area contributed by atoms with E-state index in [1.807, 2.05) is 6.07 Å². The van der Waals surface area contributed by atoms with E-state index >= 15 is 0 Å². The highest BCUT2D eigenvalue weighted by Gasteiger charge is 2.19. The molecule has 0 spiro atoms. The Labute approximate surface area is 79.6 Å². The number of furan rings is 1. The highest BCUT2D eigenvalue weighted by Crippen LogP contribution is 2.30. The van der Waals surface area contributed by atoms with Gasteiger partial charge >= 0.3 is 0 Å². The lowest BCUT2D eigenvalue weighted by molar-refractivity contribution is 0.506. The number of rotatable bonds is 0. The molecule has 2 aromatic rings. The molecule has 1 N–H and O–H groups in total. The van der Waals surface area contributed by atoms with Crippen LogP contribution in [0.15, 0.2) is 27.6 Å². The Morgan fingerprint density at radius 1 is 1.43 bits per heavy atom. The van der Waals surface area contributed by atoms with Gasteiger partial charge in [0.25, 0.3) is 5.56 Å². The molecule has 3 rings (SSSR count). The van der Waals surface area contributed by atoms with Crippen molar-refractivity contribution in [1.82, 2.24) is 10.2 Å². The third-order valence-corrected chi connectivity index (χ3v) is 2.51. The van der Waals surface area contributed by atoms with Gasteiger partial charge < -0.3 is 4.42 Å². The molecule has 1 aliphatic rings. The van der Waals surface area contributed by atoms with Crippen molar-refractivity contribution in [3.8, 4) is 11.3 Å². The normalized spacial score (nSPS) is 13.4. The van der Waals surface area contributed by atoms with Crippen LogP contribution in [0.5, 0.6) is 0 Å². The van der Waals surface area contributed by atoms with Crippen molar-refractivity contribution < 1.29 is 4.42 Å².